The molecular formula is C13H10ClFN3O4+. The first kappa shape index (κ1) is 15.6. The van der Waals surface area contributed by atoms with Crippen molar-refractivity contribution in [2.75, 3.05) is 12.8 Å². The third-order valence-corrected chi connectivity index (χ3v) is 3.21. The topological polar surface area (TPSA) is 106 Å². The molecule has 0 unspecified atom stereocenters. The Balaban J connectivity index is 2.57. The maximum absolute atomic E-state index is 14.2. The van der Waals surface area contributed by atoms with Gasteiger partial charge in [0.15, 0.2) is 18.6 Å². The molecule has 7 nitrogen and oxygen atoms in total. The van der Waals surface area contributed by atoms with Crippen molar-refractivity contribution in [3.8, 4) is 11.3 Å². The van der Waals surface area contributed by atoms with Crippen molar-refractivity contribution in [3.05, 3.63) is 45.7 Å². The van der Waals surface area contributed by atoms with Gasteiger partial charge < -0.3 is 10.8 Å². The highest BCUT2D eigenvalue weighted by Gasteiger charge is 2.22. The minimum absolute atomic E-state index is 0.173. The van der Waals surface area contributed by atoms with Gasteiger partial charge >= 0.3 is 11.7 Å². The molecule has 0 fully saturated rings. The van der Waals surface area contributed by atoms with Crippen LogP contribution in [0.5, 0.6) is 0 Å². The summed E-state index contributed by atoms with van der Waals surface area (Å²) in [6.45, 7) is 0. The largest absolute Gasteiger partial charge is 0.476 e. The molecule has 0 aliphatic rings. The number of halogens is 2. The summed E-state index contributed by atoms with van der Waals surface area (Å²) < 4.78 is 14.2. The molecule has 2 rings (SSSR count). The third kappa shape index (κ3) is 2.68. The number of anilines is 1. The minimum atomic E-state index is -1.43. The summed E-state index contributed by atoms with van der Waals surface area (Å²) in [4.78, 5) is 30.7. The SMILES string of the molecule is CO[N+](=O)c1ccc(-c2nc(C(=O)O)c(Cl)c(N)c2F)cc1. The standard InChI is InChI=1S/C13H9ClFN3O4/c1-22-18(21)7-4-2-6(3-5-7)11-9(15)10(16)8(14)12(17-11)13(19)20/h2-5H,1H3,(H2-,16,17,19,20)/p+1. The van der Waals surface area contributed by atoms with Crippen LogP contribution in [-0.4, -0.2) is 28.1 Å². The Bertz CT molecular complexity index is 765. The molecule has 1 heterocycles. The van der Waals surface area contributed by atoms with Crippen LogP contribution in [0.3, 0.4) is 0 Å². The van der Waals surface area contributed by atoms with Crippen LogP contribution in [0.1, 0.15) is 10.5 Å². The van der Waals surface area contributed by atoms with E-state index in [0.717, 1.165) is 0 Å². The van der Waals surface area contributed by atoms with Crippen LogP contribution >= 0.6 is 11.6 Å². The van der Waals surface area contributed by atoms with Crippen molar-refractivity contribution in [2.24, 2.45) is 0 Å². The molecule has 0 amide bonds. The van der Waals surface area contributed by atoms with Crippen molar-refractivity contribution in [2.45, 2.75) is 0 Å². The van der Waals surface area contributed by atoms with Gasteiger partial charge in [-0.05, 0) is 12.1 Å². The van der Waals surface area contributed by atoms with Gasteiger partial charge in [0.05, 0.1) is 15.6 Å². The fraction of sp³-hybridized carbons (Fsp3) is 0.0769. The van der Waals surface area contributed by atoms with Crippen LogP contribution in [0, 0.1) is 10.7 Å². The lowest BCUT2D eigenvalue weighted by molar-refractivity contribution is -0.736. The summed E-state index contributed by atoms with van der Waals surface area (Å²) in [6, 6.07) is 5.48. The molecule has 0 atom stereocenters. The van der Waals surface area contributed by atoms with E-state index < -0.39 is 28.2 Å². The quantitative estimate of drug-likeness (QED) is 0.837. The highest BCUT2D eigenvalue weighted by molar-refractivity contribution is 6.35. The lowest BCUT2D eigenvalue weighted by atomic mass is 10.1. The number of benzene rings is 1. The molecule has 1 aromatic heterocycles. The number of carboxylic acid groups (broad SMARTS) is 1. The number of nitrogens with two attached hydrogens (primary N) is 1. The number of pyridine rings is 1. The first-order valence-electron chi connectivity index (χ1n) is 5.86. The molecule has 2 aromatic rings. The van der Waals surface area contributed by atoms with Crippen LogP contribution in [0.25, 0.3) is 11.3 Å². The zero-order chi connectivity index (χ0) is 16.4. The molecule has 114 valence electrons. The number of carboxylic acids is 1. The number of rotatable bonds is 4. The summed E-state index contributed by atoms with van der Waals surface area (Å²) in [5.74, 6) is -2.37. The average molecular weight is 327 g/mol. The molecule has 0 radical (unpaired) electrons. The Hall–Kier alpha value is -2.74. The fourth-order valence-corrected chi connectivity index (χ4v) is 1.95. The van der Waals surface area contributed by atoms with E-state index in [0.29, 0.717) is 0 Å². The van der Waals surface area contributed by atoms with Gasteiger partial charge in [0.25, 0.3) is 4.92 Å². The molecule has 0 saturated carbocycles. The number of nitrogen functional groups attached to an aromatic ring is 1. The normalized spacial score (nSPS) is 10.3. The van der Waals surface area contributed by atoms with E-state index >= 15 is 0 Å². The lowest BCUT2D eigenvalue weighted by Crippen LogP contribution is -2.08. The van der Waals surface area contributed by atoms with Crippen LogP contribution in [0.15, 0.2) is 24.3 Å². The molecule has 0 aliphatic carbocycles. The summed E-state index contributed by atoms with van der Waals surface area (Å²) in [7, 11) is 1.20. The Morgan fingerprint density at radius 2 is 2.00 bits per heavy atom. The average Bonchev–Trinajstić information content (AvgIpc) is 2.52. The number of hydrogen-bond donors (Lipinski definition) is 2. The van der Waals surface area contributed by atoms with E-state index in [2.05, 4.69) is 9.82 Å². The first-order chi connectivity index (χ1) is 10.4. The zero-order valence-electron chi connectivity index (χ0n) is 11.2. The first-order valence-corrected chi connectivity index (χ1v) is 6.24. The van der Waals surface area contributed by atoms with Gasteiger partial charge in [-0.15, -0.1) is 0 Å². The second-order valence-electron chi connectivity index (χ2n) is 4.14. The highest BCUT2D eigenvalue weighted by atomic mass is 35.5. The van der Waals surface area contributed by atoms with Crippen molar-refractivity contribution in [3.63, 3.8) is 0 Å². The molecule has 0 saturated heterocycles. The third-order valence-electron chi connectivity index (χ3n) is 2.83. The Morgan fingerprint density at radius 3 is 2.50 bits per heavy atom. The number of carbonyl (C=O) groups is 1. The highest BCUT2D eigenvalue weighted by Crippen LogP contribution is 2.32. The zero-order valence-corrected chi connectivity index (χ0v) is 12.0. The molecular weight excluding hydrogens is 317 g/mol. The van der Waals surface area contributed by atoms with Crippen LogP contribution in [0.2, 0.25) is 5.02 Å². The second-order valence-corrected chi connectivity index (χ2v) is 4.52. The Labute approximate surface area is 128 Å². The van der Waals surface area contributed by atoms with E-state index in [1.165, 1.54) is 31.4 Å². The van der Waals surface area contributed by atoms with Crippen molar-refractivity contribution >= 4 is 28.9 Å². The molecule has 0 aliphatic heterocycles. The van der Waals surface area contributed by atoms with Crippen LogP contribution in [0.4, 0.5) is 15.8 Å². The van der Waals surface area contributed by atoms with Crippen molar-refractivity contribution in [1.29, 1.82) is 0 Å². The monoisotopic (exact) mass is 326 g/mol. The van der Waals surface area contributed by atoms with Gasteiger partial charge in [-0.2, -0.15) is 0 Å². The lowest BCUT2D eigenvalue weighted by Gasteiger charge is -2.09. The molecule has 0 spiro atoms. The number of hydrogen-bond acceptors (Lipinski definition) is 5. The molecule has 22 heavy (non-hydrogen) atoms. The van der Waals surface area contributed by atoms with Gasteiger partial charge in [0.1, 0.15) is 5.69 Å². The van der Waals surface area contributed by atoms with E-state index in [4.69, 9.17) is 22.4 Å². The number of aromatic nitrogens is 1. The van der Waals surface area contributed by atoms with E-state index in [-0.39, 0.29) is 21.9 Å². The van der Waals surface area contributed by atoms with Crippen molar-refractivity contribution in [1.82, 2.24) is 4.98 Å². The van der Waals surface area contributed by atoms with Gasteiger partial charge in [-0.1, -0.05) is 11.6 Å². The van der Waals surface area contributed by atoms with Gasteiger partial charge in [0, 0.05) is 17.7 Å². The molecule has 0 bridgehead atoms. The maximum atomic E-state index is 14.2. The minimum Gasteiger partial charge on any atom is -0.476 e. The Morgan fingerprint density at radius 1 is 1.41 bits per heavy atom. The second kappa shape index (κ2) is 5.94. The van der Waals surface area contributed by atoms with Gasteiger partial charge in [-0.3, -0.25) is 0 Å². The predicted octanol–water partition coefficient (Wildman–Crippen LogP) is 2.79. The van der Waals surface area contributed by atoms with Crippen LogP contribution < -0.4 is 5.73 Å². The van der Waals surface area contributed by atoms with E-state index in [1.807, 2.05) is 0 Å². The summed E-state index contributed by atoms with van der Waals surface area (Å²) >= 11 is 5.67. The van der Waals surface area contributed by atoms with Crippen LogP contribution in [-0.2, 0) is 4.84 Å². The number of aromatic carboxylic acids is 1. The molecule has 3 N–H and O–H groups in total. The van der Waals surface area contributed by atoms with Gasteiger partial charge in [-0.25, -0.2) is 19.0 Å². The van der Waals surface area contributed by atoms with E-state index in [1.54, 1.807) is 0 Å². The number of nitrogens with zero attached hydrogens (tertiary/aromatic N) is 2. The van der Waals surface area contributed by atoms with Crippen molar-refractivity contribution < 1.29 is 24.1 Å². The smallest absolute Gasteiger partial charge is 0.356 e. The maximum Gasteiger partial charge on any atom is 0.356 e. The molecule has 1 aromatic carbocycles. The van der Waals surface area contributed by atoms with Gasteiger partial charge in [0.2, 0.25) is 0 Å². The Kier molecular flexibility index (Phi) is 4.22. The summed E-state index contributed by atoms with van der Waals surface area (Å²) in [5.41, 5.74) is 4.54. The predicted molar refractivity (Wildman–Crippen MR) is 76.3 cm³/mol. The fourth-order valence-electron chi connectivity index (χ4n) is 1.74. The van der Waals surface area contributed by atoms with E-state index in [9.17, 15) is 14.1 Å². The summed E-state index contributed by atoms with van der Waals surface area (Å²) in [6.07, 6.45) is 0. The summed E-state index contributed by atoms with van der Waals surface area (Å²) in [5, 5.41) is 8.55. The molecule has 9 heteroatoms.